The van der Waals surface area contributed by atoms with Crippen LogP contribution in [0.1, 0.15) is 45.6 Å². The summed E-state index contributed by atoms with van der Waals surface area (Å²) in [7, 11) is 0. The largest absolute Gasteiger partial charge is 0.591 e. The Morgan fingerprint density at radius 2 is 1.83 bits per heavy atom. The van der Waals surface area contributed by atoms with Crippen molar-refractivity contribution in [3.63, 3.8) is 0 Å². The van der Waals surface area contributed by atoms with Gasteiger partial charge in [0.15, 0.2) is 0 Å². The zero-order valence-corrected chi connectivity index (χ0v) is 15.5. The van der Waals surface area contributed by atoms with Gasteiger partial charge in [0, 0.05) is 13.1 Å². The molecule has 2 rings (SSSR count). The van der Waals surface area contributed by atoms with E-state index in [1.165, 1.54) is 0 Å². The van der Waals surface area contributed by atoms with E-state index in [9.17, 15) is 9.35 Å². The molecule has 1 aromatic carbocycles. The fraction of sp³-hybridized carbons (Fsp3) is 0.556. The van der Waals surface area contributed by atoms with Gasteiger partial charge < -0.3 is 14.2 Å². The second-order valence-electron chi connectivity index (χ2n) is 6.92. The highest BCUT2D eigenvalue weighted by atomic mass is 32.2. The van der Waals surface area contributed by atoms with Crippen LogP contribution in [-0.4, -0.2) is 39.3 Å². The highest BCUT2D eigenvalue weighted by Crippen LogP contribution is 2.19. The molecule has 1 aliphatic rings. The number of nitrogens with zero attached hydrogens (tertiary/aromatic N) is 2. The van der Waals surface area contributed by atoms with Crippen molar-refractivity contribution in [3.05, 3.63) is 35.9 Å². The lowest BCUT2D eigenvalue weighted by Gasteiger charge is -2.26. The summed E-state index contributed by atoms with van der Waals surface area (Å²) in [5, 5.41) is 0. The number of benzene rings is 1. The lowest BCUT2D eigenvalue weighted by Crippen LogP contribution is -2.38. The molecule has 132 valence electrons. The smallest absolute Gasteiger partial charge is 0.416 e. The standard InChI is InChI=1S/C18H26N2O3S/c1-18(2,3)24(22)19-16(14-15-10-6-4-7-11-15)23-17(21)20-12-8-5-9-13-20/h4,6-7,10-11H,5,8-9,12-14H2,1-3H3/b19-16+/t24-/m0/s1. The molecule has 1 amide bonds. The Balaban J connectivity index is 2.12. The van der Waals surface area contributed by atoms with E-state index < -0.39 is 22.2 Å². The van der Waals surface area contributed by atoms with Gasteiger partial charge in [-0.3, -0.25) is 0 Å². The number of likely N-dealkylation sites (tertiary alicyclic amines) is 1. The van der Waals surface area contributed by atoms with Crippen molar-refractivity contribution >= 4 is 23.4 Å². The number of piperidine rings is 1. The van der Waals surface area contributed by atoms with Crippen molar-refractivity contribution < 1.29 is 14.1 Å². The third-order valence-corrected chi connectivity index (χ3v) is 5.14. The average molecular weight is 350 g/mol. The molecule has 1 saturated heterocycles. The van der Waals surface area contributed by atoms with Crippen LogP contribution >= 0.6 is 0 Å². The predicted octanol–water partition coefficient (Wildman–Crippen LogP) is 3.71. The van der Waals surface area contributed by atoms with E-state index in [0.717, 1.165) is 24.8 Å². The molecule has 1 heterocycles. The van der Waals surface area contributed by atoms with Crippen LogP contribution < -0.4 is 0 Å². The number of hydrogen-bond donors (Lipinski definition) is 0. The van der Waals surface area contributed by atoms with Gasteiger partial charge in [0.25, 0.3) is 5.90 Å². The minimum absolute atomic E-state index is 0.213. The Kier molecular flexibility index (Phi) is 6.69. The van der Waals surface area contributed by atoms with Gasteiger partial charge in [0.2, 0.25) is 0 Å². The minimum Gasteiger partial charge on any atom is -0.591 e. The molecular weight excluding hydrogens is 324 g/mol. The molecular formula is C18H26N2O3S. The molecule has 1 atom stereocenters. The first-order valence-corrected chi connectivity index (χ1v) is 9.47. The second-order valence-corrected chi connectivity index (χ2v) is 8.83. The highest BCUT2D eigenvalue weighted by Gasteiger charge is 2.29. The molecule has 0 spiro atoms. The fourth-order valence-corrected chi connectivity index (χ4v) is 2.89. The maximum Gasteiger partial charge on any atom is 0.416 e. The minimum atomic E-state index is -1.47. The zero-order valence-electron chi connectivity index (χ0n) is 14.7. The molecule has 0 saturated carbocycles. The first kappa shape index (κ1) is 18.8. The van der Waals surface area contributed by atoms with Crippen molar-refractivity contribution in [2.45, 2.75) is 51.2 Å². The van der Waals surface area contributed by atoms with Gasteiger partial charge in [-0.05, 0) is 50.0 Å². The zero-order chi connectivity index (χ0) is 17.6. The highest BCUT2D eigenvalue weighted by molar-refractivity contribution is 7.91. The average Bonchev–Trinajstić information content (AvgIpc) is 2.55. The number of ether oxygens (including phenoxy) is 1. The Hall–Kier alpha value is -1.53. The van der Waals surface area contributed by atoms with Crippen LogP contribution in [-0.2, 0) is 22.5 Å². The molecule has 0 bridgehead atoms. The topological polar surface area (TPSA) is 65.0 Å². The van der Waals surface area contributed by atoms with Crippen LogP contribution in [0.2, 0.25) is 0 Å². The predicted molar refractivity (Wildman–Crippen MR) is 97.4 cm³/mol. The van der Waals surface area contributed by atoms with Gasteiger partial charge in [0.1, 0.15) is 16.1 Å². The van der Waals surface area contributed by atoms with Crippen molar-refractivity contribution in [1.82, 2.24) is 4.90 Å². The number of amides is 1. The van der Waals surface area contributed by atoms with Gasteiger partial charge in [-0.1, -0.05) is 30.3 Å². The monoisotopic (exact) mass is 350 g/mol. The lowest BCUT2D eigenvalue weighted by molar-refractivity contribution is 0.138. The van der Waals surface area contributed by atoms with Crippen LogP contribution in [0.5, 0.6) is 0 Å². The molecule has 1 fully saturated rings. The summed E-state index contributed by atoms with van der Waals surface area (Å²) in [6.07, 6.45) is 3.09. The van der Waals surface area contributed by atoms with E-state index in [1.807, 2.05) is 51.1 Å². The van der Waals surface area contributed by atoms with Crippen molar-refractivity contribution in [2.75, 3.05) is 13.1 Å². The lowest BCUT2D eigenvalue weighted by atomic mass is 10.1. The van der Waals surface area contributed by atoms with Gasteiger partial charge in [-0.15, -0.1) is 0 Å². The second kappa shape index (κ2) is 8.53. The number of rotatable bonds is 3. The summed E-state index contributed by atoms with van der Waals surface area (Å²) in [5.74, 6) is 0.213. The summed E-state index contributed by atoms with van der Waals surface area (Å²) < 4.78 is 21.5. The van der Waals surface area contributed by atoms with Gasteiger partial charge in [-0.2, -0.15) is 0 Å². The summed E-state index contributed by atoms with van der Waals surface area (Å²) in [6.45, 7) is 6.96. The Bertz CT molecular complexity index is 563. The number of carbonyl (C=O) groups excluding carboxylic acids is 1. The SMILES string of the molecule is CC(C)(C)[S@+]([O-])/N=C(\Cc1ccccc1)OC(=O)N1CCCCC1. The first-order chi connectivity index (χ1) is 11.4. The normalized spacial score (nSPS) is 17.5. The third kappa shape index (κ3) is 5.83. The maximum atomic E-state index is 12.4. The molecule has 6 heteroatoms. The van der Waals surface area contributed by atoms with Gasteiger partial charge >= 0.3 is 6.09 Å². The third-order valence-electron chi connectivity index (χ3n) is 3.73. The van der Waals surface area contributed by atoms with Gasteiger partial charge in [0.05, 0.1) is 6.42 Å². The molecule has 5 nitrogen and oxygen atoms in total. The van der Waals surface area contributed by atoms with Crippen LogP contribution in [0.4, 0.5) is 4.79 Å². The van der Waals surface area contributed by atoms with Crippen molar-refractivity contribution in [1.29, 1.82) is 0 Å². The van der Waals surface area contributed by atoms with Crippen molar-refractivity contribution in [3.8, 4) is 0 Å². The Labute approximate surface area is 147 Å². The molecule has 1 aliphatic heterocycles. The molecule has 24 heavy (non-hydrogen) atoms. The quantitative estimate of drug-likeness (QED) is 0.474. The molecule has 0 N–H and O–H groups in total. The van der Waals surface area contributed by atoms with Crippen LogP contribution in [0.25, 0.3) is 0 Å². The van der Waals surface area contributed by atoms with E-state index in [2.05, 4.69) is 4.40 Å². The van der Waals surface area contributed by atoms with E-state index in [4.69, 9.17) is 4.74 Å². The summed E-state index contributed by atoms with van der Waals surface area (Å²) in [5.41, 5.74) is 0.966. The van der Waals surface area contributed by atoms with Crippen LogP contribution in [0, 0.1) is 0 Å². The van der Waals surface area contributed by atoms with E-state index in [1.54, 1.807) is 4.90 Å². The number of hydrogen-bond acceptors (Lipinski definition) is 4. The Morgan fingerprint density at radius 1 is 1.21 bits per heavy atom. The van der Waals surface area contributed by atoms with E-state index in [0.29, 0.717) is 19.5 Å². The van der Waals surface area contributed by atoms with Crippen LogP contribution in [0.15, 0.2) is 34.7 Å². The molecule has 0 unspecified atom stereocenters. The van der Waals surface area contributed by atoms with Crippen molar-refractivity contribution in [2.24, 2.45) is 4.40 Å². The first-order valence-electron chi connectivity index (χ1n) is 8.36. The van der Waals surface area contributed by atoms with E-state index in [-0.39, 0.29) is 5.90 Å². The maximum absolute atomic E-state index is 12.4. The van der Waals surface area contributed by atoms with E-state index >= 15 is 0 Å². The Morgan fingerprint density at radius 3 is 2.42 bits per heavy atom. The fourth-order valence-electron chi connectivity index (χ4n) is 2.33. The molecule has 1 aromatic rings. The summed E-state index contributed by atoms with van der Waals surface area (Å²) >= 11 is -1.47. The summed E-state index contributed by atoms with van der Waals surface area (Å²) in [4.78, 5) is 14.1. The number of carbonyl (C=O) groups is 1. The van der Waals surface area contributed by atoms with Crippen LogP contribution in [0.3, 0.4) is 0 Å². The van der Waals surface area contributed by atoms with Gasteiger partial charge in [-0.25, -0.2) is 4.79 Å². The molecule has 0 aromatic heterocycles. The molecule has 0 radical (unpaired) electrons. The summed E-state index contributed by atoms with van der Waals surface area (Å²) in [6, 6.07) is 9.63. The molecule has 0 aliphatic carbocycles.